The molecule has 1 aliphatic carbocycles. The number of alkyl halides is 2. The number of hydrogen-bond acceptors (Lipinski definition) is 7. The molecule has 13 heteroatoms. The number of carbonyl (C=O) groups is 3. The van der Waals surface area contributed by atoms with Crippen LogP contribution >= 0.6 is 11.6 Å². The van der Waals surface area contributed by atoms with E-state index in [9.17, 15) is 23.2 Å². The molecule has 0 radical (unpaired) electrons. The second kappa shape index (κ2) is 13.8. The van der Waals surface area contributed by atoms with E-state index in [1.54, 1.807) is 31.9 Å². The molecule has 1 aromatic heterocycles. The molecule has 1 N–H and O–H groups in total. The van der Waals surface area contributed by atoms with E-state index in [0.717, 1.165) is 31.6 Å². The molecule has 5 rings (SSSR count). The summed E-state index contributed by atoms with van der Waals surface area (Å²) in [4.78, 5) is 54.5. The number of rotatable bonds is 10. The van der Waals surface area contributed by atoms with Crippen molar-refractivity contribution < 1.29 is 28.3 Å². The van der Waals surface area contributed by atoms with Crippen molar-refractivity contribution in [3.05, 3.63) is 45.7 Å². The highest BCUT2D eigenvalue weighted by molar-refractivity contribution is 6.31. The molecule has 46 heavy (non-hydrogen) atoms. The topological polar surface area (TPSA) is 110 Å². The molecule has 2 aliphatic heterocycles. The van der Waals surface area contributed by atoms with E-state index < -0.39 is 17.8 Å². The number of benzene rings is 1. The minimum atomic E-state index is -2.70. The number of aliphatic carboxylic acids is 1. The number of anilines is 2. The van der Waals surface area contributed by atoms with Gasteiger partial charge in [-0.2, -0.15) is 0 Å². The molecule has 0 spiro atoms. The summed E-state index contributed by atoms with van der Waals surface area (Å²) in [6.07, 6.45) is 0.571. The number of halogens is 3. The summed E-state index contributed by atoms with van der Waals surface area (Å²) in [6, 6.07) is 5.54. The first kappa shape index (κ1) is 34.0. The van der Waals surface area contributed by atoms with Gasteiger partial charge in [0.2, 0.25) is 17.8 Å². The highest BCUT2D eigenvalue weighted by atomic mass is 35.5. The smallest absolute Gasteiger partial charge is 0.323 e. The Morgan fingerprint density at radius 3 is 2.20 bits per heavy atom. The van der Waals surface area contributed by atoms with E-state index >= 15 is 0 Å². The number of nitrogens with zero attached hydrogens (tertiary/aromatic N) is 6. The maximum atomic E-state index is 13.8. The van der Waals surface area contributed by atoms with Crippen LogP contribution in [0.3, 0.4) is 0 Å². The molecule has 2 amide bonds. The van der Waals surface area contributed by atoms with Gasteiger partial charge in [-0.05, 0) is 76.1 Å². The number of carbonyl (C=O) groups excluding carboxylic acids is 2. The molecular formula is C33H43ClF2N6O4. The van der Waals surface area contributed by atoms with Crippen molar-refractivity contribution in [3.8, 4) is 0 Å². The predicted octanol–water partition coefficient (Wildman–Crippen LogP) is 4.83. The van der Waals surface area contributed by atoms with Crippen molar-refractivity contribution in [2.75, 3.05) is 62.7 Å². The monoisotopic (exact) mass is 660 g/mol. The van der Waals surface area contributed by atoms with Gasteiger partial charge < -0.3 is 24.7 Å². The molecule has 3 heterocycles. The van der Waals surface area contributed by atoms with Crippen LogP contribution in [0.4, 0.5) is 20.4 Å². The Hall–Kier alpha value is -3.38. The summed E-state index contributed by atoms with van der Waals surface area (Å²) >= 11 is 6.40. The van der Waals surface area contributed by atoms with Crippen LogP contribution < -0.4 is 9.80 Å². The van der Waals surface area contributed by atoms with Crippen molar-refractivity contribution in [1.29, 1.82) is 0 Å². The number of hydrogen-bond donors (Lipinski definition) is 1. The van der Waals surface area contributed by atoms with Crippen LogP contribution in [0.5, 0.6) is 0 Å². The van der Waals surface area contributed by atoms with Crippen LogP contribution in [0, 0.1) is 38.5 Å². The van der Waals surface area contributed by atoms with Gasteiger partial charge in [-0.3, -0.25) is 14.4 Å². The number of aryl methyl sites for hydroxylation is 3. The second-order valence-electron chi connectivity index (χ2n) is 13.2. The number of likely N-dealkylation sites (N-methyl/N-ethyl adjacent to an activating group) is 1. The molecule has 10 nitrogen and oxygen atoms in total. The van der Waals surface area contributed by atoms with E-state index in [2.05, 4.69) is 14.9 Å². The van der Waals surface area contributed by atoms with Gasteiger partial charge in [0, 0.05) is 69.2 Å². The van der Waals surface area contributed by atoms with Gasteiger partial charge in [-0.1, -0.05) is 17.7 Å². The molecule has 1 aromatic carbocycles. The van der Waals surface area contributed by atoms with E-state index in [1.165, 1.54) is 4.90 Å². The molecular weight excluding hydrogens is 618 g/mol. The van der Waals surface area contributed by atoms with Crippen molar-refractivity contribution in [2.24, 2.45) is 17.8 Å². The van der Waals surface area contributed by atoms with Gasteiger partial charge in [0.25, 0.3) is 5.91 Å². The summed E-state index contributed by atoms with van der Waals surface area (Å²) in [5.41, 5.74) is 3.12. The van der Waals surface area contributed by atoms with E-state index in [1.807, 2.05) is 24.0 Å². The average Bonchev–Trinajstić information content (AvgIpc) is 3.55. The first-order chi connectivity index (χ1) is 21.7. The fraction of sp³-hybridized carbons (Fsp3) is 0.606. The molecule has 3 aliphatic rings. The lowest BCUT2D eigenvalue weighted by Gasteiger charge is -2.32. The fourth-order valence-corrected chi connectivity index (χ4v) is 7.30. The predicted molar refractivity (Wildman–Crippen MR) is 172 cm³/mol. The van der Waals surface area contributed by atoms with Gasteiger partial charge in [0.15, 0.2) is 0 Å². The number of carboxylic acid groups (broad SMARTS) is 1. The normalized spacial score (nSPS) is 21.3. The largest absolute Gasteiger partial charge is 0.480 e. The van der Waals surface area contributed by atoms with Crippen molar-refractivity contribution in [2.45, 2.75) is 58.8 Å². The van der Waals surface area contributed by atoms with Gasteiger partial charge in [-0.25, -0.2) is 18.7 Å². The van der Waals surface area contributed by atoms with Crippen LogP contribution in [0.15, 0.2) is 18.2 Å². The van der Waals surface area contributed by atoms with E-state index in [4.69, 9.17) is 16.7 Å². The molecule has 2 atom stereocenters. The van der Waals surface area contributed by atoms with Gasteiger partial charge in [0.1, 0.15) is 6.54 Å². The number of likely N-dealkylation sites (tertiary alicyclic amines) is 2. The lowest BCUT2D eigenvalue weighted by molar-refractivity contribution is -0.135. The third-order valence-electron chi connectivity index (χ3n) is 9.69. The number of amides is 2. The first-order valence-electron chi connectivity index (χ1n) is 16.0. The number of carboxylic acids is 1. The third kappa shape index (κ3) is 7.60. The van der Waals surface area contributed by atoms with Crippen molar-refractivity contribution in [3.63, 3.8) is 0 Å². The van der Waals surface area contributed by atoms with E-state index in [-0.39, 0.29) is 50.0 Å². The number of fused-ring (bicyclic) bond motifs is 1. The fourth-order valence-electron chi connectivity index (χ4n) is 7.13. The lowest BCUT2D eigenvalue weighted by atomic mass is 9.85. The van der Waals surface area contributed by atoms with Crippen molar-refractivity contribution >= 4 is 41.0 Å². The molecule has 250 valence electrons. The number of aromatic nitrogens is 2. The van der Waals surface area contributed by atoms with Gasteiger partial charge >= 0.3 is 5.97 Å². The zero-order valence-electron chi connectivity index (χ0n) is 26.9. The van der Waals surface area contributed by atoms with Crippen molar-refractivity contribution in [1.82, 2.24) is 19.8 Å². The molecule has 1 saturated carbocycles. The van der Waals surface area contributed by atoms with Crippen LogP contribution in [0.1, 0.15) is 59.4 Å². The summed E-state index contributed by atoms with van der Waals surface area (Å²) in [7, 11) is 1.60. The molecule has 2 saturated heterocycles. The summed E-state index contributed by atoms with van der Waals surface area (Å²) in [5, 5.41) is 9.65. The van der Waals surface area contributed by atoms with Crippen LogP contribution in [-0.2, 0) is 9.59 Å². The zero-order valence-corrected chi connectivity index (χ0v) is 27.7. The van der Waals surface area contributed by atoms with Gasteiger partial charge in [-0.15, -0.1) is 0 Å². The standard InChI is InChI=1S/C33H43ClF2N6O4/c1-20-6-7-26(14-27(20)34)42(30(45)23-8-10-33(35,36)11-9-23)13-5-12-40-15-24-17-41(18-25(24)16-40)31(46)29-21(2)37-32(38-22(29)3)39(4)19-28(43)44/h6-7,14,23-25H,5,8-13,15-19H2,1-4H3,(H,43,44). The Balaban J connectivity index is 1.17. The summed E-state index contributed by atoms with van der Waals surface area (Å²) in [6.45, 7) is 9.39. The molecule has 2 aromatic rings. The van der Waals surface area contributed by atoms with Gasteiger partial charge in [0.05, 0.1) is 17.0 Å². The summed E-state index contributed by atoms with van der Waals surface area (Å²) < 4.78 is 27.6. The summed E-state index contributed by atoms with van der Waals surface area (Å²) in [5.74, 6) is -3.38. The quantitative estimate of drug-likeness (QED) is 0.386. The highest BCUT2D eigenvalue weighted by Crippen LogP contribution is 2.38. The third-order valence-corrected chi connectivity index (χ3v) is 10.1. The highest BCUT2D eigenvalue weighted by Gasteiger charge is 2.43. The minimum absolute atomic E-state index is 0.102. The maximum Gasteiger partial charge on any atom is 0.323 e. The Morgan fingerprint density at radius 1 is 1.02 bits per heavy atom. The Bertz CT molecular complexity index is 1450. The Morgan fingerprint density at radius 2 is 1.63 bits per heavy atom. The maximum absolute atomic E-state index is 13.8. The van der Waals surface area contributed by atoms with Crippen LogP contribution in [-0.4, -0.2) is 101 Å². The molecule has 0 bridgehead atoms. The molecule has 3 fully saturated rings. The average molecular weight is 661 g/mol. The first-order valence-corrected chi connectivity index (χ1v) is 16.4. The second-order valence-corrected chi connectivity index (χ2v) is 13.6. The van der Waals surface area contributed by atoms with Crippen LogP contribution in [0.2, 0.25) is 5.02 Å². The lowest BCUT2D eigenvalue weighted by Crippen LogP contribution is -2.41. The minimum Gasteiger partial charge on any atom is -0.480 e. The van der Waals surface area contributed by atoms with E-state index in [0.29, 0.717) is 59.1 Å². The Kier molecular flexibility index (Phi) is 10.2. The molecule has 2 unspecified atom stereocenters. The zero-order chi connectivity index (χ0) is 33.3. The van der Waals surface area contributed by atoms with Crippen LogP contribution in [0.25, 0.3) is 0 Å². The SMILES string of the molecule is Cc1ccc(N(CCCN2CC3CN(C(=O)c4c(C)nc(N(C)CC(=O)O)nc4C)CC3C2)C(=O)C2CCC(F)(F)CC2)cc1Cl. The Labute approximate surface area is 273 Å².